The van der Waals surface area contributed by atoms with Crippen LogP contribution in [0.4, 0.5) is 0 Å². The van der Waals surface area contributed by atoms with Crippen LogP contribution in [0.3, 0.4) is 0 Å². The summed E-state index contributed by atoms with van der Waals surface area (Å²) in [6, 6.07) is 0. The van der Waals surface area contributed by atoms with Gasteiger partial charge in [0.05, 0.1) is 0 Å². The number of carbonyl (C=O) groups is 1. The van der Waals surface area contributed by atoms with Crippen molar-refractivity contribution in [3.05, 3.63) is 12.2 Å². The van der Waals surface area contributed by atoms with Gasteiger partial charge in [-0.3, -0.25) is 4.55 Å². The molecule has 0 unspecified atom stereocenters. The molecule has 0 heterocycles. The Morgan fingerprint density at radius 2 is 2.00 bits per heavy atom. The van der Waals surface area contributed by atoms with Crippen LogP contribution in [0.15, 0.2) is 12.2 Å². The van der Waals surface area contributed by atoms with E-state index in [1.165, 1.54) is 6.92 Å². The zero-order valence-corrected chi connectivity index (χ0v) is 7.43. The third kappa shape index (κ3) is 9.80. The highest BCUT2D eigenvalue weighted by Gasteiger charge is 2.07. The minimum atomic E-state index is -4.05. The fraction of sp³-hybridized carbons (Fsp3) is 0.500. The van der Waals surface area contributed by atoms with Crippen molar-refractivity contribution in [3.63, 3.8) is 0 Å². The summed E-state index contributed by atoms with van der Waals surface area (Å²) in [4.78, 5) is 10.6. The Labute approximate surface area is 93.0 Å². The topological polar surface area (TPSA) is 80.7 Å². The molecule has 0 saturated carbocycles. The molecular formula is C6H12MgO5S. The molecule has 0 bridgehead atoms. The molecular weight excluding hydrogens is 208 g/mol. The van der Waals surface area contributed by atoms with Crippen molar-refractivity contribution in [2.24, 2.45) is 0 Å². The van der Waals surface area contributed by atoms with Crippen LogP contribution in [0.5, 0.6) is 0 Å². The van der Waals surface area contributed by atoms with Gasteiger partial charge in [0.1, 0.15) is 12.4 Å². The molecule has 5 nitrogen and oxygen atoms in total. The Morgan fingerprint density at radius 3 is 2.31 bits per heavy atom. The van der Waals surface area contributed by atoms with Gasteiger partial charge in [0.2, 0.25) is 0 Å². The second-order valence-corrected chi connectivity index (χ2v) is 3.77. The molecule has 0 amide bonds. The zero-order valence-electron chi connectivity index (χ0n) is 6.61. The first-order valence-electron chi connectivity index (χ1n) is 3.11. The minimum absolute atomic E-state index is 0. The molecule has 0 aromatic carbocycles. The van der Waals surface area contributed by atoms with Gasteiger partial charge in [-0.1, -0.05) is 6.58 Å². The van der Waals surface area contributed by atoms with Gasteiger partial charge in [-0.05, 0) is 6.92 Å². The molecule has 0 rings (SSSR count). The SMILES string of the molecule is C=C(C)C(=O)OCCS(=O)(=O)O.[MgH2]. The maximum Gasteiger partial charge on any atom is 0.333 e. The summed E-state index contributed by atoms with van der Waals surface area (Å²) in [5.41, 5.74) is 0.185. The van der Waals surface area contributed by atoms with E-state index in [9.17, 15) is 13.2 Å². The summed E-state index contributed by atoms with van der Waals surface area (Å²) in [5, 5.41) is 0. The Morgan fingerprint density at radius 1 is 1.54 bits per heavy atom. The largest absolute Gasteiger partial charge is 0.461 e. The number of esters is 1. The number of carbonyl (C=O) groups excluding carboxylic acids is 1. The number of ether oxygens (including phenoxy) is 1. The number of rotatable bonds is 4. The fourth-order valence-corrected chi connectivity index (χ4v) is 0.657. The molecule has 1 N–H and O–H groups in total. The van der Waals surface area contributed by atoms with Gasteiger partial charge in [0.15, 0.2) is 0 Å². The lowest BCUT2D eigenvalue weighted by Gasteiger charge is -2.01. The number of hydrogen-bond acceptors (Lipinski definition) is 4. The highest BCUT2D eigenvalue weighted by Crippen LogP contribution is 1.92. The highest BCUT2D eigenvalue weighted by atomic mass is 32.2. The molecule has 0 aliphatic heterocycles. The van der Waals surface area contributed by atoms with Crippen LogP contribution in [0.1, 0.15) is 6.92 Å². The van der Waals surface area contributed by atoms with Crippen LogP contribution < -0.4 is 0 Å². The third-order valence-electron chi connectivity index (χ3n) is 0.923. The van der Waals surface area contributed by atoms with Gasteiger partial charge in [-0.2, -0.15) is 8.42 Å². The highest BCUT2D eigenvalue weighted by molar-refractivity contribution is 7.85. The van der Waals surface area contributed by atoms with Gasteiger partial charge < -0.3 is 4.74 Å². The van der Waals surface area contributed by atoms with Crippen molar-refractivity contribution in [1.29, 1.82) is 0 Å². The standard InChI is InChI=1S/C6H10O5S.Mg.2H/c1-5(2)6(7)11-3-4-12(8,9)10;;;/h1,3-4H2,2H3,(H,8,9,10);;;. The van der Waals surface area contributed by atoms with Crippen molar-refractivity contribution in [3.8, 4) is 0 Å². The van der Waals surface area contributed by atoms with Crippen molar-refractivity contribution in [2.45, 2.75) is 6.92 Å². The van der Waals surface area contributed by atoms with E-state index in [2.05, 4.69) is 11.3 Å². The first kappa shape index (κ1) is 15.4. The van der Waals surface area contributed by atoms with Crippen LogP contribution in [0.25, 0.3) is 0 Å². The van der Waals surface area contributed by atoms with Crippen molar-refractivity contribution in [2.75, 3.05) is 12.4 Å². The molecule has 0 aliphatic rings. The smallest absolute Gasteiger partial charge is 0.333 e. The predicted molar refractivity (Wildman–Crippen MR) is 50.7 cm³/mol. The molecule has 0 saturated heterocycles. The van der Waals surface area contributed by atoms with Crippen molar-refractivity contribution >= 4 is 39.1 Å². The molecule has 0 atom stereocenters. The Hall–Kier alpha value is -0.114. The molecule has 0 aliphatic carbocycles. The lowest BCUT2D eigenvalue weighted by Crippen LogP contribution is -2.14. The molecule has 0 radical (unpaired) electrons. The van der Waals surface area contributed by atoms with Crippen LogP contribution >= 0.6 is 0 Å². The van der Waals surface area contributed by atoms with Gasteiger partial charge >= 0.3 is 29.0 Å². The van der Waals surface area contributed by atoms with E-state index >= 15 is 0 Å². The Balaban J connectivity index is 0. The maximum absolute atomic E-state index is 10.6. The lowest BCUT2D eigenvalue weighted by molar-refractivity contribution is -0.138. The lowest BCUT2D eigenvalue weighted by atomic mass is 10.4. The van der Waals surface area contributed by atoms with E-state index in [-0.39, 0.29) is 35.2 Å². The van der Waals surface area contributed by atoms with Crippen LogP contribution in [0, 0.1) is 0 Å². The fourth-order valence-electron chi connectivity index (χ4n) is 0.363. The van der Waals surface area contributed by atoms with Crippen molar-refractivity contribution < 1.29 is 22.5 Å². The quantitative estimate of drug-likeness (QED) is 0.287. The summed E-state index contributed by atoms with van der Waals surface area (Å²) in [5.74, 6) is -1.26. The zero-order chi connectivity index (χ0) is 9.78. The molecule has 7 heteroatoms. The summed E-state index contributed by atoms with van der Waals surface area (Å²) in [7, 11) is -4.05. The van der Waals surface area contributed by atoms with Gasteiger partial charge in [0, 0.05) is 5.57 Å². The van der Waals surface area contributed by atoms with Crippen LogP contribution in [-0.4, -0.2) is 54.4 Å². The number of hydrogen-bond donors (Lipinski definition) is 1. The van der Waals surface area contributed by atoms with Gasteiger partial charge in [-0.15, -0.1) is 0 Å². The minimum Gasteiger partial charge on any atom is -0.461 e. The molecule has 74 valence electrons. The normalized spacial score (nSPS) is 10.0. The molecule has 13 heavy (non-hydrogen) atoms. The van der Waals surface area contributed by atoms with Gasteiger partial charge in [0.25, 0.3) is 10.1 Å². The van der Waals surface area contributed by atoms with E-state index < -0.39 is 21.8 Å². The van der Waals surface area contributed by atoms with Crippen LogP contribution in [0.2, 0.25) is 0 Å². The summed E-state index contributed by atoms with van der Waals surface area (Å²) in [6.07, 6.45) is 0. The predicted octanol–water partition coefficient (Wildman–Crippen LogP) is -0.923. The summed E-state index contributed by atoms with van der Waals surface area (Å²) in [6.45, 7) is 4.37. The molecule has 0 fully saturated rings. The average Bonchev–Trinajstić information content (AvgIpc) is 1.84. The Kier molecular flexibility index (Phi) is 7.51. The molecule has 0 aromatic heterocycles. The third-order valence-corrected chi connectivity index (χ3v) is 1.61. The van der Waals surface area contributed by atoms with E-state index in [1.807, 2.05) is 0 Å². The van der Waals surface area contributed by atoms with E-state index in [0.717, 1.165) is 0 Å². The molecule has 0 aromatic rings. The maximum atomic E-state index is 10.6. The summed E-state index contributed by atoms with van der Waals surface area (Å²) < 4.78 is 32.9. The van der Waals surface area contributed by atoms with Crippen LogP contribution in [-0.2, 0) is 19.6 Å². The first-order chi connectivity index (χ1) is 5.33. The van der Waals surface area contributed by atoms with E-state index in [1.54, 1.807) is 0 Å². The average molecular weight is 221 g/mol. The molecule has 0 spiro atoms. The first-order valence-corrected chi connectivity index (χ1v) is 4.71. The van der Waals surface area contributed by atoms with Gasteiger partial charge in [-0.25, -0.2) is 4.79 Å². The second kappa shape index (κ2) is 6.36. The second-order valence-electron chi connectivity index (χ2n) is 2.20. The summed E-state index contributed by atoms with van der Waals surface area (Å²) >= 11 is 0. The monoisotopic (exact) mass is 220 g/mol. The van der Waals surface area contributed by atoms with Crippen molar-refractivity contribution in [1.82, 2.24) is 0 Å². The van der Waals surface area contributed by atoms with E-state index in [4.69, 9.17) is 4.55 Å². The van der Waals surface area contributed by atoms with E-state index in [0.29, 0.717) is 0 Å². The Bertz CT molecular complexity index is 281.